The van der Waals surface area contributed by atoms with Gasteiger partial charge in [-0.25, -0.2) is 0 Å². The number of unbranched alkanes of at least 4 members (excludes halogenated alkanes) is 2. The van der Waals surface area contributed by atoms with Crippen LogP contribution in [0.3, 0.4) is 0 Å². The second-order valence-electron chi connectivity index (χ2n) is 4.87. The standard InChI is InChI=1S/C16H18N2O3S/c19-14(20)9-5-2-6-10-17-16-18-15(21)13(22-16)11-12-7-3-1-4-8-12/h1,3-4,7-8,11H,2,5-6,9-10H2,(H,19,20)(H,17,18,21). The molecule has 0 bridgehead atoms. The summed E-state index contributed by atoms with van der Waals surface area (Å²) in [4.78, 5) is 27.2. The molecule has 1 aromatic carbocycles. The van der Waals surface area contributed by atoms with Gasteiger partial charge in [-0.2, -0.15) is 0 Å². The largest absolute Gasteiger partial charge is 0.481 e. The molecule has 0 radical (unpaired) electrons. The van der Waals surface area contributed by atoms with Crippen molar-refractivity contribution < 1.29 is 14.7 Å². The lowest BCUT2D eigenvalue weighted by molar-refractivity contribution is -0.137. The molecule has 0 saturated carbocycles. The SMILES string of the molecule is O=C(O)CCCCCN=C1NC(=O)C(=Cc2ccccc2)S1. The fourth-order valence-electron chi connectivity index (χ4n) is 1.95. The Balaban J connectivity index is 1.80. The topological polar surface area (TPSA) is 78.8 Å². The Morgan fingerprint density at radius 1 is 1.23 bits per heavy atom. The van der Waals surface area contributed by atoms with E-state index >= 15 is 0 Å². The Bertz CT molecular complexity index is 597. The monoisotopic (exact) mass is 318 g/mol. The third kappa shape index (κ3) is 5.37. The number of nitrogens with one attached hydrogen (secondary N) is 1. The van der Waals surface area contributed by atoms with Crippen molar-refractivity contribution >= 4 is 34.9 Å². The van der Waals surface area contributed by atoms with E-state index in [9.17, 15) is 9.59 Å². The van der Waals surface area contributed by atoms with Crippen molar-refractivity contribution in [2.75, 3.05) is 6.54 Å². The Labute approximate surface area is 133 Å². The van der Waals surface area contributed by atoms with Crippen LogP contribution in [0.1, 0.15) is 31.2 Å². The van der Waals surface area contributed by atoms with Crippen LogP contribution in [-0.4, -0.2) is 28.7 Å². The van der Waals surface area contributed by atoms with Gasteiger partial charge in [-0.1, -0.05) is 36.8 Å². The maximum Gasteiger partial charge on any atom is 0.303 e. The zero-order valence-corrected chi connectivity index (χ0v) is 12.9. The summed E-state index contributed by atoms with van der Waals surface area (Å²) in [5.41, 5.74) is 0.982. The lowest BCUT2D eigenvalue weighted by Gasteiger charge is -1.97. The van der Waals surface area contributed by atoms with E-state index in [2.05, 4.69) is 10.3 Å². The molecule has 0 aromatic heterocycles. The van der Waals surface area contributed by atoms with E-state index in [4.69, 9.17) is 5.11 Å². The summed E-state index contributed by atoms with van der Waals surface area (Å²) in [6.07, 6.45) is 4.36. The first-order chi connectivity index (χ1) is 10.6. The van der Waals surface area contributed by atoms with Crippen LogP contribution < -0.4 is 5.32 Å². The van der Waals surface area contributed by atoms with Gasteiger partial charge in [0.25, 0.3) is 5.91 Å². The maximum atomic E-state index is 11.9. The zero-order chi connectivity index (χ0) is 15.8. The zero-order valence-electron chi connectivity index (χ0n) is 12.1. The number of aliphatic imine (C=N–C) groups is 1. The van der Waals surface area contributed by atoms with Crippen LogP contribution in [0.4, 0.5) is 0 Å². The fraction of sp³-hybridized carbons (Fsp3) is 0.312. The van der Waals surface area contributed by atoms with Crippen molar-refractivity contribution in [3.05, 3.63) is 40.8 Å². The molecule has 1 amide bonds. The summed E-state index contributed by atoms with van der Waals surface area (Å²) in [6.45, 7) is 0.598. The van der Waals surface area contributed by atoms with Crippen molar-refractivity contribution in [3.63, 3.8) is 0 Å². The van der Waals surface area contributed by atoms with E-state index in [0.717, 1.165) is 18.4 Å². The number of carboxylic acids is 1. The molecule has 1 aliphatic heterocycles. The Hall–Kier alpha value is -2.08. The molecule has 2 rings (SSSR count). The van der Waals surface area contributed by atoms with Gasteiger partial charge in [-0.3, -0.25) is 14.6 Å². The highest BCUT2D eigenvalue weighted by atomic mass is 32.2. The molecule has 1 aromatic rings. The number of rotatable bonds is 7. The lowest BCUT2D eigenvalue weighted by atomic mass is 10.2. The number of carbonyl (C=O) groups is 2. The summed E-state index contributed by atoms with van der Waals surface area (Å²) in [5.74, 6) is -0.890. The molecule has 6 heteroatoms. The molecular weight excluding hydrogens is 300 g/mol. The number of aliphatic carboxylic acids is 1. The van der Waals surface area contributed by atoms with E-state index in [-0.39, 0.29) is 12.3 Å². The summed E-state index contributed by atoms with van der Waals surface area (Å²) in [6, 6.07) is 9.67. The number of carboxylic acid groups (broad SMARTS) is 1. The molecule has 0 aliphatic carbocycles. The molecule has 0 spiro atoms. The number of hydrogen-bond donors (Lipinski definition) is 2. The first-order valence-corrected chi connectivity index (χ1v) is 7.99. The van der Waals surface area contributed by atoms with Crippen molar-refractivity contribution in [2.24, 2.45) is 4.99 Å². The molecule has 22 heavy (non-hydrogen) atoms. The van der Waals surface area contributed by atoms with Gasteiger partial charge in [0.05, 0.1) is 4.91 Å². The summed E-state index contributed by atoms with van der Waals surface area (Å²) in [7, 11) is 0. The minimum atomic E-state index is -0.763. The van der Waals surface area contributed by atoms with Gasteiger partial charge in [0, 0.05) is 13.0 Å². The first kappa shape index (κ1) is 16.3. The number of hydrogen-bond acceptors (Lipinski definition) is 4. The smallest absolute Gasteiger partial charge is 0.303 e. The number of amidine groups is 1. The highest BCUT2D eigenvalue weighted by Gasteiger charge is 2.23. The molecular formula is C16H18N2O3S. The van der Waals surface area contributed by atoms with Gasteiger partial charge < -0.3 is 10.4 Å². The van der Waals surface area contributed by atoms with Crippen molar-refractivity contribution in [2.45, 2.75) is 25.7 Å². The fourth-order valence-corrected chi connectivity index (χ4v) is 2.79. The Morgan fingerprint density at radius 3 is 2.73 bits per heavy atom. The highest BCUT2D eigenvalue weighted by molar-refractivity contribution is 8.18. The number of amides is 1. The van der Waals surface area contributed by atoms with E-state index in [1.54, 1.807) is 0 Å². The number of benzene rings is 1. The van der Waals surface area contributed by atoms with Crippen molar-refractivity contribution in [3.8, 4) is 0 Å². The van der Waals surface area contributed by atoms with Crippen LogP contribution in [0, 0.1) is 0 Å². The average Bonchev–Trinajstić information content (AvgIpc) is 2.84. The third-order valence-corrected chi connectivity index (χ3v) is 4.00. The normalized spacial score (nSPS) is 17.9. The second kappa shape index (κ2) is 8.38. The van der Waals surface area contributed by atoms with Gasteiger partial charge in [0.2, 0.25) is 0 Å². The predicted molar refractivity (Wildman–Crippen MR) is 88.6 cm³/mol. The van der Waals surface area contributed by atoms with E-state index in [1.807, 2.05) is 36.4 Å². The Kier molecular flexibility index (Phi) is 6.21. The predicted octanol–water partition coefficient (Wildman–Crippen LogP) is 2.89. The first-order valence-electron chi connectivity index (χ1n) is 7.17. The maximum absolute atomic E-state index is 11.9. The lowest BCUT2D eigenvalue weighted by Crippen LogP contribution is -2.19. The number of nitrogens with zero attached hydrogens (tertiary/aromatic N) is 1. The summed E-state index contributed by atoms with van der Waals surface area (Å²) < 4.78 is 0. The molecule has 5 nitrogen and oxygen atoms in total. The van der Waals surface area contributed by atoms with Crippen LogP contribution in [0.25, 0.3) is 6.08 Å². The summed E-state index contributed by atoms with van der Waals surface area (Å²) >= 11 is 1.34. The quantitative estimate of drug-likeness (QED) is 0.598. The van der Waals surface area contributed by atoms with E-state index in [0.29, 0.717) is 23.0 Å². The van der Waals surface area contributed by atoms with Crippen molar-refractivity contribution in [1.82, 2.24) is 5.32 Å². The number of carbonyl (C=O) groups excluding carboxylic acids is 1. The minimum Gasteiger partial charge on any atom is -0.481 e. The van der Waals surface area contributed by atoms with E-state index in [1.165, 1.54) is 11.8 Å². The molecule has 2 N–H and O–H groups in total. The van der Waals surface area contributed by atoms with Crippen LogP contribution in [0.15, 0.2) is 40.2 Å². The van der Waals surface area contributed by atoms with E-state index < -0.39 is 5.97 Å². The molecule has 1 aliphatic rings. The van der Waals surface area contributed by atoms with Crippen LogP contribution in [-0.2, 0) is 9.59 Å². The highest BCUT2D eigenvalue weighted by Crippen LogP contribution is 2.25. The Morgan fingerprint density at radius 2 is 2.00 bits per heavy atom. The molecule has 1 saturated heterocycles. The second-order valence-corrected chi connectivity index (χ2v) is 5.90. The van der Waals surface area contributed by atoms with Crippen LogP contribution >= 0.6 is 11.8 Å². The molecule has 1 heterocycles. The third-order valence-electron chi connectivity index (χ3n) is 3.05. The molecule has 116 valence electrons. The van der Waals surface area contributed by atoms with Gasteiger partial charge in [0.15, 0.2) is 5.17 Å². The van der Waals surface area contributed by atoms with Gasteiger partial charge in [-0.05, 0) is 36.2 Å². The van der Waals surface area contributed by atoms with Crippen LogP contribution in [0.2, 0.25) is 0 Å². The minimum absolute atomic E-state index is 0.126. The van der Waals surface area contributed by atoms with Gasteiger partial charge in [-0.15, -0.1) is 0 Å². The average molecular weight is 318 g/mol. The molecule has 1 fully saturated rings. The molecule has 0 atom stereocenters. The van der Waals surface area contributed by atoms with Gasteiger partial charge in [0.1, 0.15) is 0 Å². The molecule has 0 unspecified atom stereocenters. The van der Waals surface area contributed by atoms with Crippen LogP contribution in [0.5, 0.6) is 0 Å². The van der Waals surface area contributed by atoms with Crippen molar-refractivity contribution in [1.29, 1.82) is 0 Å². The van der Waals surface area contributed by atoms with Gasteiger partial charge >= 0.3 is 5.97 Å². The number of thioether (sulfide) groups is 1. The summed E-state index contributed by atoms with van der Waals surface area (Å²) in [5, 5.41) is 11.9.